The highest BCUT2D eigenvalue weighted by atomic mass is 16.5. The van der Waals surface area contributed by atoms with E-state index in [2.05, 4.69) is 17.2 Å². The standard InChI is InChI=1S/C25H30N2O5/c1-17-22(31-2)14-20(15-23(17)32-3)24(28)19(11-7-10-18-8-5-4-6-9-18)16-27-13-12-21(26-27)25(29)30/h4-6,8-9,12-15,19,24,28H,7,10-11,16H2,1-3H3,(H,29,30)/t19-,24?/m1/s1. The number of benzene rings is 2. The van der Waals surface area contributed by atoms with Gasteiger partial charge in [0.2, 0.25) is 0 Å². The van der Waals surface area contributed by atoms with Crippen LogP contribution in [0, 0.1) is 12.8 Å². The predicted molar refractivity (Wildman–Crippen MR) is 121 cm³/mol. The van der Waals surface area contributed by atoms with Crippen LogP contribution in [0.15, 0.2) is 54.7 Å². The van der Waals surface area contributed by atoms with Gasteiger partial charge in [0.1, 0.15) is 11.5 Å². The number of carboxylic acids is 1. The molecule has 1 aromatic heterocycles. The lowest BCUT2D eigenvalue weighted by molar-refractivity contribution is 0.0687. The molecule has 0 radical (unpaired) electrons. The van der Waals surface area contributed by atoms with E-state index in [9.17, 15) is 15.0 Å². The number of rotatable bonds is 11. The van der Waals surface area contributed by atoms with Gasteiger partial charge in [0, 0.05) is 24.2 Å². The quantitative estimate of drug-likeness (QED) is 0.464. The van der Waals surface area contributed by atoms with Crippen molar-refractivity contribution in [2.75, 3.05) is 14.2 Å². The minimum absolute atomic E-state index is 0.0128. The van der Waals surface area contributed by atoms with Gasteiger partial charge in [-0.25, -0.2) is 4.79 Å². The van der Waals surface area contributed by atoms with Gasteiger partial charge in [0.15, 0.2) is 5.69 Å². The molecule has 0 aliphatic rings. The maximum absolute atomic E-state index is 11.3. The van der Waals surface area contributed by atoms with E-state index >= 15 is 0 Å². The molecule has 0 amide bonds. The van der Waals surface area contributed by atoms with Crippen molar-refractivity contribution in [2.45, 2.75) is 38.8 Å². The number of methoxy groups -OCH3 is 2. The Kier molecular flexibility index (Phi) is 7.89. The molecule has 3 rings (SSSR count). The molecule has 0 fully saturated rings. The van der Waals surface area contributed by atoms with Gasteiger partial charge < -0.3 is 19.7 Å². The number of hydrogen-bond donors (Lipinski definition) is 2. The van der Waals surface area contributed by atoms with Crippen LogP contribution < -0.4 is 9.47 Å². The molecule has 1 unspecified atom stereocenters. The number of aliphatic hydroxyl groups is 1. The van der Waals surface area contributed by atoms with E-state index in [4.69, 9.17) is 9.47 Å². The number of hydrogen-bond acceptors (Lipinski definition) is 5. The Morgan fingerprint density at radius 2 is 1.75 bits per heavy atom. The van der Waals surface area contributed by atoms with Crippen LogP contribution in [0.4, 0.5) is 0 Å². The van der Waals surface area contributed by atoms with Crippen molar-refractivity contribution in [1.82, 2.24) is 9.78 Å². The average molecular weight is 439 g/mol. The van der Waals surface area contributed by atoms with Gasteiger partial charge in [-0.15, -0.1) is 0 Å². The first-order chi connectivity index (χ1) is 15.4. The van der Waals surface area contributed by atoms with Gasteiger partial charge in [-0.1, -0.05) is 30.3 Å². The second-order valence-corrected chi connectivity index (χ2v) is 7.86. The van der Waals surface area contributed by atoms with Crippen molar-refractivity contribution in [2.24, 2.45) is 5.92 Å². The fourth-order valence-electron chi connectivity index (χ4n) is 3.93. The van der Waals surface area contributed by atoms with E-state index in [0.29, 0.717) is 23.6 Å². The molecule has 0 saturated carbocycles. The summed E-state index contributed by atoms with van der Waals surface area (Å²) in [5.41, 5.74) is 2.79. The average Bonchev–Trinajstić information content (AvgIpc) is 3.28. The lowest BCUT2D eigenvalue weighted by Gasteiger charge is -2.25. The van der Waals surface area contributed by atoms with Crippen molar-refractivity contribution in [1.29, 1.82) is 0 Å². The molecule has 32 heavy (non-hydrogen) atoms. The van der Waals surface area contributed by atoms with Gasteiger partial charge in [-0.05, 0) is 55.5 Å². The Bertz CT molecular complexity index is 1010. The second kappa shape index (κ2) is 10.8. The van der Waals surface area contributed by atoms with Crippen LogP contribution in [0.25, 0.3) is 0 Å². The van der Waals surface area contributed by atoms with Crippen molar-refractivity contribution in [3.63, 3.8) is 0 Å². The molecule has 7 heteroatoms. The molecule has 2 N–H and O–H groups in total. The molecule has 0 aliphatic heterocycles. The van der Waals surface area contributed by atoms with Crippen molar-refractivity contribution < 1.29 is 24.5 Å². The molecule has 2 aromatic carbocycles. The first kappa shape index (κ1) is 23.3. The molecule has 0 bridgehead atoms. The summed E-state index contributed by atoms with van der Waals surface area (Å²) in [5.74, 6) is 0.0395. The van der Waals surface area contributed by atoms with Crippen LogP contribution in [-0.2, 0) is 13.0 Å². The number of carbonyl (C=O) groups is 1. The Labute approximate surface area is 188 Å². The third-order valence-corrected chi connectivity index (χ3v) is 5.73. The fraction of sp³-hybridized carbons (Fsp3) is 0.360. The van der Waals surface area contributed by atoms with Crippen LogP contribution in [0.2, 0.25) is 0 Å². The molecule has 1 heterocycles. The summed E-state index contributed by atoms with van der Waals surface area (Å²) in [6.07, 6.45) is 3.34. The van der Waals surface area contributed by atoms with E-state index in [0.717, 1.165) is 24.8 Å². The summed E-state index contributed by atoms with van der Waals surface area (Å²) in [4.78, 5) is 11.2. The van der Waals surface area contributed by atoms with Gasteiger partial charge in [-0.3, -0.25) is 4.68 Å². The third-order valence-electron chi connectivity index (χ3n) is 5.73. The maximum Gasteiger partial charge on any atom is 0.356 e. The van der Waals surface area contributed by atoms with Gasteiger partial charge in [0.05, 0.1) is 20.3 Å². The highest BCUT2D eigenvalue weighted by molar-refractivity contribution is 5.85. The van der Waals surface area contributed by atoms with E-state index in [1.165, 1.54) is 11.6 Å². The summed E-state index contributed by atoms with van der Waals surface area (Å²) in [5, 5.41) is 24.6. The lowest BCUT2D eigenvalue weighted by atomic mass is 9.89. The first-order valence-electron chi connectivity index (χ1n) is 10.6. The topological polar surface area (TPSA) is 93.8 Å². The minimum Gasteiger partial charge on any atom is -0.496 e. The second-order valence-electron chi connectivity index (χ2n) is 7.86. The number of aryl methyl sites for hydroxylation is 1. The van der Waals surface area contributed by atoms with E-state index < -0.39 is 12.1 Å². The molecule has 170 valence electrons. The molecule has 2 atom stereocenters. The van der Waals surface area contributed by atoms with Crippen molar-refractivity contribution in [3.05, 3.63) is 77.1 Å². The summed E-state index contributed by atoms with van der Waals surface area (Å²) in [6.45, 7) is 2.30. The van der Waals surface area contributed by atoms with Crippen LogP contribution >= 0.6 is 0 Å². The maximum atomic E-state index is 11.3. The molecule has 0 aliphatic carbocycles. The SMILES string of the molecule is COc1cc(C(O)[C@H](CCCc2ccccc2)Cn2ccc(C(=O)O)n2)cc(OC)c1C. The Balaban J connectivity index is 1.83. The number of aliphatic hydroxyl groups excluding tert-OH is 1. The highest BCUT2D eigenvalue weighted by Crippen LogP contribution is 2.36. The Hall–Kier alpha value is -3.32. The zero-order valence-corrected chi connectivity index (χ0v) is 18.7. The monoisotopic (exact) mass is 438 g/mol. The first-order valence-corrected chi connectivity index (χ1v) is 10.6. The van der Waals surface area contributed by atoms with E-state index in [1.807, 2.05) is 37.3 Å². The summed E-state index contributed by atoms with van der Waals surface area (Å²) in [7, 11) is 3.18. The number of aromatic nitrogens is 2. The Morgan fingerprint density at radius 3 is 2.31 bits per heavy atom. The predicted octanol–water partition coefficient (Wildman–Crippen LogP) is 4.28. The van der Waals surface area contributed by atoms with Gasteiger partial charge in [0.25, 0.3) is 0 Å². The Morgan fingerprint density at radius 1 is 1.09 bits per heavy atom. The normalized spacial score (nSPS) is 12.9. The van der Waals surface area contributed by atoms with Gasteiger partial charge >= 0.3 is 5.97 Å². The molecular formula is C25H30N2O5. The fourth-order valence-corrected chi connectivity index (χ4v) is 3.93. The molecule has 0 spiro atoms. The lowest BCUT2D eigenvalue weighted by Crippen LogP contribution is -2.20. The third kappa shape index (κ3) is 5.68. The zero-order chi connectivity index (χ0) is 23.1. The van der Waals surface area contributed by atoms with Crippen LogP contribution in [0.3, 0.4) is 0 Å². The van der Waals surface area contributed by atoms with Crippen LogP contribution in [0.5, 0.6) is 11.5 Å². The van der Waals surface area contributed by atoms with E-state index in [-0.39, 0.29) is 11.6 Å². The molecule has 3 aromatic rings. The largest absolute Gasteiger partial charge is 0.496 e. The van der Waals surface area contributed by atoms with E-state index in [1.54, 1.807) is 25.1 Å². The van der Waals surface area contributed by atoms with Crippen molar-refractivity contribution in [3.8, 4) is 11.5 Å². The van der Waals surface area contributed by atoms with Crippen LogP contribution in [0.1, 0.15) is 46.1 Å². The number of nitrogens with zero attached hydrogens (tertiary/aromatic N) is 2. The summed E-state index contributed by atoms with van der Waals surface area (Å²) < 4.78 is 12.5. The number of aromatic carboxylic acids is 1. The molecular weight excluding hydrogens is 408 g/mol. The summed E-state index contributed by atoms with van der Waals surface area (Å²) >= 11 is 0. The van der Waals surface area contributed by atoms with Gasteiger partial charge in [-0.2, -0.15) is 5.10 Å². The molecule has 0 saturated heterocycles. The zero-order valence-electron chi connectivity index (χ0n) is 18.7. The molecule has 7 nitrogen and oxygen atoms in total. The van der Waals surface area contributed by atoms with Crippen molar-refractivity contribution >= 4 is 5.97 Å². The summed E-state index contributed by atoms with van der Waals surface area (Å²) in [6, 6.07) is 15.3. The number of ether oxygens (including phenoxy) is 2. The minimum atomic E-state index is -1.07. The van der Waals surface area contributed by atoms with Crippen LogP contribution in [-0.4, -0.2) is 40.2 Å². The highest BCUT2D eigenvalue weighted by Gasteiger charge is 2.24. The number of carboxylic acid groups (broad SMARTS) is 1. The smallest absolute Gasteiger partial charge is 0.356 e.